The Morgan fingerprint density at radius 3 is 1.81 bits per heavy atom. The normalized spacial score (nSPS) is 14.1. The molecule has 0 N–H and O–H groups in total. The van der Waals surface area contributed by atoms with Crippen molar-refractivity contribution in [2.24, 2.45) is 0 Å². The van der Waals surface area contributed by atoms with Crippen molar-refractivity contribution in [1.29, 1.82) is 0 Å². The molecule has 0 fully saturated rings. The number of ether oxygens (including phenoxy) is 2. The van der Waals surface area contributed by atoms with E-state index in [4.69, 9.17) is 9.47 Å². The highest BCUT2D eigenvalue weighted by molar-refractivity contribution is 6.29. The predicted molar refractivity (Wildman–Crippen MR) is 98.5 cm³/mol. The lowest BCUT2D eigenvalue weighted by molar-refractivity contribution is -0.191. The van der Waals surface area contributed by atoms with Crippen LogP contribution in [0.2, 0.25) is 0 Å². The van der Waals surface area contributed by atoms with Crippen LogP contribution in [0.15, 0.2) is 23.3 Å². The number of rotatable bonds is 8. The molecule has 0 aromatic carbocycles. The van der Waals surface area contributed by atoms with Crippen LogP contribution >= 0.6 is 0 Å². The largest absolute Gasteiger partial charge is 0.456 e. The van der Waals surface area contributed by atoms with E-state index >= 15 is 0 Å². The van der Waals surface area contributed by atoms with Crippen molar-refractivity contribution in [3.63, 3.8) is 0 Å². The zero-order chi connectivity index (χ0) is 20.7. The Morgan fingerprint density at radius 1 is 0.885 bits per heavy atom. The number of hydrogen-bond donors (Lipinski definition) is 0. The molecule has 0 amide bonds. The lowest BCUT2D eigenvalue weighted by Crippen LogP contribution is -2.57. The van der Waals surface area contributed by atoms with Gasteiger partial charge in [-0.1, -0.05) is 17.2 Å². The highest BCUT2D eigenvalue weighted by Crippen LogP contribution is 2.23. The van der Waals surface area contributed by atoms with Crippen molar-refractivity contribution in [3.8, 4) is 0 Å². The SMILES string of the molecule is CC(=O)OC(C(C)=O)(C(=O)C=C(C)CCC=C(C)C)C(=O)OC(C)(C)C. The number of ketones is 2. The number of esters is 2. The molecule has 0 aliphatic heterocycles. The van der Waals surface area contributed by atoms with Crippen molar-refractivity contribution < 1.29 is 28.7 Å². The van der Waals surface area contributed by atoms with Crippen LogP contribution in [0.4, 0.5) is 0 Å². The van der Waals surface area contributed by atoms with Crippen LogP contribution < -0.4 is 0 Å². The van der Waals surface area contributed by atoms with Gasteiger partial charge < -0.3 is 9.47 Å². The van der Waals surface area contributed by atoms with Gasteiger partial charge in [0.2, 0.25) is 5.78 Å². The van der Waals surface area contributed by atoms with Crippen molar-refractivity contribution in [2.45, 2.75) is 79.4 Å². The molecule has 6 heteroatoms. The summed E-state index contributed by atoms with van der Waals surface area (Å²) in [6, 6.07) is 0. The van der Waals surface area contributed by atoms with Crippen molar-refractivity contribution >= 4 is 23.5 Å². The summed E-state index contributed by atoms with van der Waals surface area (Å²) < 4.78 is 10.1. The average molecular weight is 366 g/mol. The van der Waals surface area contributed by atoms with E-state index in [9.17, 15) is 19.2 Å². The van der Waals surface area contributed by atoms with Crippen LogP contribution in [-0.4, -0.2) is 34.7 Å². The third-order valence-electron chi connectivity index (χ3n) is 3.29. The molecule has 0 spiro atoms. The van der Waals surface area contributed by atoms with Gasteiger partial charge in [-0.05, 0) is 67.4 Å². The lowest BCUT2D eigenvalue weighted by atomic mass is 9.91. The molecular weight excluding hydrogens is 336 g/mol. The van der Waals surface area contributed by atoms with Gasteiger partial charge in [-0.3, -0.25) is 14.4 Å². The minimum atomic E-state index is -2.61. The predicted octanol–water partition coefficient (Wildman–Crippen LogP) is 3.48. The summed E-state index contributed by atoms with van der Waals surface area (Å²) in [7, 11) is 0. The van der Waals surface area contributed by atoms with Crippen LogP contribution in [0.25, 0.3) is 0 Å². The second kappa shape index (κ2) is 9.46. The number of carbonyl (C=O) groups is 4. The first-order chi connectivity index (χ1) is 11.7. The molecule has 0 aromatic rings. The zero-order valence-electron chi connectivity index (χ0n) is 17.0. The molecule has 0 heterocycles. The summed E-state index contributed by atoms with van der Waals surface area (Å²) in [4.78, 5) is 49.1. The van der Waals surface area contributed by atoms with Crippen LogP contribution in [0, 0.1) is 0 Å². The lowest BCUT2D eigenvalue weighted by Gasteiger charge is -2.30. The molecule has 26 heavy (non-hydrogen) atoms. The molecule has 0 saturated carbocycles. The van der Waals surface area contributed by atoms with Gasteiger partial charge >= 0.3 is 17.5 Å². The van der Waals surface area contributed by atoms with Crippen molar-refractivity contribution in [1.82, 2.24) is 0 Å². The molecule has 0 saturated heterocycles. The Labute approximate surface area is 155 Å². The van der Waals surface area contributed by atoms with E-state index in [1.165, 1.54) is 6.08 Å². The van der Waals surface area contributed by atoms with E-state index in [1.54, 1.807) is 27.7 Å². The molecule has 1 atom stereocenters. The molecule has 0 aliphatic carbocycles. The Morgan fingerprint density at radius 2 is 1.42 bits per heavy atom. The van der Waals surface area contributed by atoms with E-state index in [0.29, 0.717) is 18.4 Å². The van der Waals surface area contributed by atoms with Gasteiger partial charge in [-0.25, -0.2) is 4.79 Å². The van der Waals surface area contributed by atoms with Gasteiger partial charge in [0.1, 0.15) is 5.60 Å². The number of carbonyl (C=O) groups excluding carboxylic acids is 4. The quantitative estimate of drug-likeness (QED) is 0.283. The highest BCUT2D eigenvalue weighted by Gasteiger charge is 2.55. The number of hydrogen-bond acceptors (Lipinski definition) is 6. The summed E-state index contributed by atoms with van der Waals surface area (Å²) in [6.45, 7) is 12.5. The maximum Gasteiger partial charge on any atom is 0.367 e. The Bertz CT molecular complexity index is 629. The van der Waals surface area contributed by atoms with Crippen LogP contribution in [0.1, 0.15) is 68.2 Å². The average Bonchev–Trinajstić information content (AvgIpc) is 2.41. The first-order valence-corrected chi connectivity index (χ1v) is 8.51. The molecular formula is C20H30O6. The van der Waals surface area contributed by atoms with E-state index in [-0.39, 0.29) is 0 Å². The van der Waals surface area contributed by atoms with E-state index in [2.05, 4.69) is 0 Å². The monoisotopic (exact) mass is 366 g/mol. The minimum Gasteiger partial charge on any atom is -0.456 e. The molecule has 0 rings (SSSR count). The first kappa shape index (κ1) is 23.8. The fourth-order valence-electron chi connectivity index (χ4n) is 2.13. The molecule has 0 radical (unpaired) electrons. The minimum absolute atomic E-state index is 0.569. The smallest absolute Gasteiger partial charge is 0.367 e. The summed E-state index contributed by atoms with van der Waals surface area (Å²) in [5, 5.41) is 0. The van der Waals surface area contributed by atoms with Gasteiger partial charge in [0.05, 0.1) is 0 Å². The van der Waals surface area contributed by atoms with Gasteiger partial charge in [-0.15, -0.1) is 0 Å². The molecule has 146 valence electrons. The molecule has 0 bridgehead atoms. The number of Topliss-reactive ketones (excluding diaryl/α,β-unsaturated/α-hetero) is 1. The third-order valence-corrected chi connectivity index (χ3v) is 3.29. The van der Waals surface area contributed by atoms with Gasteiger partial charge in [-0.2, -0.15) is 0 Å². The van der Waals surface area contributed by atoms with Crippen molar-refractivity contribution in [2.75, 3.05) is 0 Å². The maximum atomic E-state index is 12.8. The van der Waals surface area contributed by atoms with Gasteiger partial charge in [0.15, 0.2) is 5.78 Å². The Hall–Kier alpha value is -2.24. The summed E-state index contributed by atoms with van der Waals surface area (Å²) in [5.41, 5.74) is -1.76. The second-order valence-electron chi connectivity index (χ2n) is 7.51. The maximum absolute atomic E-state index is 12.8. The molecule has 0 aliphatic rings. The molecule has 0 aromatic heterocycles. The van der Waals surface area contributed by atoms with E-state index in [0.717, 1.165) is 19.4 Å². The standard InChI is InChI=1S/C20H30O6/c1-13(2)10-9-11-14(3)12-17(23)20(15(4)21,25-16(5)22)18(24)26-19(6,7)8/h10,12H,9,11H2,1-8H3. The summed E-state index contributed by atoms with van der Waals surface area (Å²) in [6.07, 6.45) is 4.47. The zero-order valence-corrected chi connectivity index (χ0v) is 17.0. The van der Waals surface area contributed by atoms with Crippen molar-refractivity contribution in [3.05, 3.63) is 23.3 Å². The van der Waals surface area contributed by atoms with Gasteiger partial charge in [0, 0.05) is 6.92 Å². The summed E-state index contributed by atoms with van der Waals surface area (Å²) in [5.74, 6) is -3.93. The Kier molecular flexibility index (Phi) is 8.64. The van der Waals surface area contributed by atoms with Crippen LogP contribution in [0.5, 0.6) is 0 Å². The Balaban J connectivity index is 5.87. The van der Waals surface area contributed by atoms with E-state index in [1.807, 2.05) is 19.9 Å². The molecule has 1 unspecified atom stereocenters. The van der Waals surface area contributed by atoms with Crippen LogP contribution in [0.3, 0.4) is 0 Å². The summed E-state index contributed by atoms with van der Waals surface area (Å²) >= 11 is 0. The fraction of sp³-hybridized carbons (Fsp3) is 0.600. The fourth-order valence-corrected chi connectivity index (χ4v) is 2.13. The first-order valence-electron chi connectivity index (χ1n) is 8.51. The number of allylic oxidation sites excluding steroid dienone is 3. The molecule has 6 nitrogen and oxygen atoms in total. The van der Waals surface area contributed by atoms with Gasteiger partial charge in [0.25, 0.3) is 0 Å². The topological polar surface area (TPSA) is 86.7 Å². The second-order valence-corrected chi connectivity index (χ2v) is 7.51. The highest BCUT2D eigenvalue weighted by atomic mass is 16.6. The van der Waals surface area contributed by atoms with E-state index < -0.39 is 34.7 Å². The van der Waals surface area contributed by atoms with Crippen LogP contribution in [-0.2, 0) is 28.7 Å². The third kappa shape index (κ3) is 7.33.